The number of hydrogen-bond acceptors (Lipinski definition) is 5. The van der Waals surface area contributed by atoms with Crippen LogP contribution in [-0.4, -0.2) is 31.4 Å². The summed E-state index contributed by atoms with van der Waals surface area (Å²) >= 11 is 0. The van der Waals surface area contributed by atoms with Gasteiger partial charge >= 0.3 is 6.18 Å². The average molecular weight is 363 g/mol. The van der Waals surface area contributed by atoms with E-state index < -0.39 is 17.8 Å². The SMILES string of the molecule is C[C@H](O)Cn1nnc(-c2ccccc2Nc2ccc(C(F)(F)F)cc2)n1. The third-order valence-electron chi connectivity index (χ3n) is 3.54. The van der Waals surface area contributed by atoms with Gasteiger partial charge in [-0.2, -0.15) is 18.0 Å². The predicted molar refractivity (Wildman–Crippen MR) is 89.7 cm³/mol. The van der Waals surface area contributed by atoms with Crippen LogP contribution in [0.3, 0.4) is 0 Å². The zero-order valence-corrected chi connectivity index (χ0v) is 13.8. The number of para-hydroxylation sites is 1. The fraction of sp³-hybridized carbons (Fsp3) is 0.235. The normalized spacial score (nSPS) is 12.8. The number of hydrogen-bond donors (Lipinski definition) is 2. The highest BCUT2D eigenvalue weighted by Crippen LogP contribution is 2.32. The van der Waals surface area contributed by atoms with Crippen LogP contribution in [0, 0.1) is 0 Å². The molecule has 0 fully saturated rings. The Morgan fingerprint density at radius 1 is 1.12 bits per heavy atom. The maximum Gasteiger partial charge on any atom is 0.416 e. The fourth-order valence-corrected chi connectivity index (χ4v) is 2.35. The number of nitrogens with one attached hydrogen (secondary N) is 1. The zero-order chi connectivity index (χ0) is 18.7. The minimum atomic E-state index is -4.37. The highest BCUT2D eigenvalue weighted by Gasteiger charge is 2.29. The maximum atomic E-state index is 12.7. The maximum absolute atomic E-state index is 12.7. The Hall–Kier alpha value is -2.94. The topological polar surface area (TPSA) is 75.9 Å². The van der Waals surface area contributed by atoms with Crippen molar-refractivity contribution in [2.45, 2.75) is 25.7 Å². The van der Waals surface area contributed by atoms with Crippen molar-refractivity contribution in [3.63, 3.8) is 0 Å². The monoisotopic (exact) mass is 363 g/mol. The summed E-state index contributed by atoms with van der Waals surface area (Å²) in [5, 5.41) is 24.5. The van der Waals surface area contributed by atoms with Crippen molar-refractivity contribution in [2.24, 2.45) is 0 Å². The number of nitrogens with zero attached hydrogens (tertiary/aromatic N) is 4. The van der Waals surface area contributed by atoms with E-state index in [1.54, 1.807) is 31.2 Å². The van der Waals surface area contributed by atoms with Gasteiger partial charge in [0.25, 0.3) is 0 Å². The molecule has 2 aromatic carbocycles. The molecule has 0 aliphatic heterocycles. The summed E-state index contributed by atoms with van der Waals surface area (Å²) in [4.78, 5) is 1.29. The molecule has 0 aliphatic carbocycles. The molecule has 3 aromatic rings. The summed E-state index contributed by atoms with van der Waals surface area (Å²) in [6.07, 6.45) is -4.99. The van der Waals surface area contributed by atoms with Gasteiger partial charge in [-0.25, -0.2) is 0 Å². The molecule has 1 heterocycles. The third kappa shape index (κ3) is 4.17. The summed E-state index contributed by atoms with van der Waals surface area (Å²) in [6.45, 7) is 1.82. The van der Waals surface area contributed by atoms with Crippen molar-refractivity contribution < 1.29 is 18.3 Å². The molecule has 0 saturated carbocycles. The molecule has 3 rings (SSSR count). The molecule has 0 spiro atoms. The molecule has 136 valence electrons. The number of alkyl halides is 3. The van der Waals surface area contributed by atoms with Crippen LogP contribution in [0.15, 0.2) is 48.5 Å². The molecule has 0 saturated heterocycles. The number of aliphatic hydroxyl groups is 1. The predicted octanol–water partition coefficient (Wildman–Crippen LogP) is 3.48. The molecule has 0 amide bonds. The third-order valence-corrected chi connectivity index (χ3v) is 3.54. The van der Waals surface area contributed by atoms with E-state index in [0.717, 1.165) is 12.1 Å². The van der Waals surface area contributed by atoms with E-state index >= 15 is 0 Å². The van der Waals surface area contributed by atoms with E-state index in [9.17, 15) is 18.3 Å². The van der Waals surface area contributed by atoms with Crippen molar-refractivity contribution in [1.29, 1.82) is 0 Å². The summed E-state index contributed by atoms with van der Waals surface area (Å²) in [6, 6.07) is 11.9. The largest absolute Gasteiger partial charge is 0.416 e. The second-order valence-electron chi connectivity index (χ2n) is 5.76. The first-order chi connectivity index (χ1) is 12.3. The highest BCUT2D eigenvalue weighted by molar-refractivity contribution is 5.77. The quantitative estimate of drug-likeness (QED) is 0.726. The molecular weight excluding hydrogens is 347 g/mol. The van der Waals surface area contributed by atoms with Crippen molar-refractivity contribution in [1.82, 2.24) is 20.2 Å². The van der Waals surface area contributed by atoms with Gasteiger partial charge in [0.2, 0.25) is 5.82 Å². The van der Waals surface area contributed by atoms with Crippen molar-refractivity contribution in [2.75, 3.05) is 5.32 Å². The standard InChI is InChI=1S/C17H16F3N5O/c1-11(26)10-25-23-16(22-24-25)14-4-2-3-5-15(14)21-13-8-6-12(7-9-13)17(18,19)20/h2-9,11,21,26H,10H2,1H3/t11-/m0/s1. The lowest BCUT2D eigenvalue weighted by Gasteiger charge is -2.11. The molecule has 9 heteroatoms. The Balaban J connectivity index is 1.84. The molecule has 0 unspecified atom stereocenters. The van der Waals surface area contributed by atoms with Crippen LogP contribution in [0.4, 0.5) is 24.5 Å². The lowest BCUT2D eigenvalue weighted by molar-refractivity contribution is -0.137. The second-order valence-corrected chi connectivity index (χ2v) is 5.76. The van der Waals surface area contributed by atoms with Crippen molar-refractivity contribution in [3.8, 4) is 11.4 Å². The lowest BCUT2D eigenvalue weighted by Crippen LogP contribution is -2.14. The second kappa shape index (κ2) is 7.12. The minimum absolute atomic E-state index is 0.210. The van der Waals surface area contributed by atoms with Crippen LogP contribution >= 0.6 is 0 Å². The molecule has 2 N–H and O–H groups in total. The first kappa shape index (κ1) is 17.9. The molecule has 0 radical (unpaired) electrons. The first-order valence-corrected chi connectivity index (χ1v) is 7.82. The van der Waals surface area contributed by atoms with Gasteiger partial charge in [-0.15, -0.1) is 10.2 Å². The van der Waals surface area contributed by atoms with Crippen LogP contribution < -0.4 is 5.32 Å². The van der Waals surface area contributed by atoms with E-state index in [-0.39, 0.29) is 6.54 Å². The van der Waals surface area contributed by atoms with E-state index in [2.05, 4.69) is 20.7 Å². The van der Waals surface area contributed by atoms with Crippen LogP contribution in [0.25, 0.3) is 11.4 Å². The molecule has 6 nitrogen and oxygen atoms in total. The molecular formula is C17H16F3N5O. The Morgan fingerprint density at radius 2 is 1.81 bits per heavy atom. The van der Waals surface area contributed by atoms with E-state index in [1.165, 1.54) is 16.9 Å². The molecule has 26 heavy (non-hydrogen) atoms. The number of aromatic nitrogens is 4. The summed E-state index contributed by atoms with van der Waals surface area (Å²) in [7, 11) is 0. The Labute approximate surface area is 147 Å². The number of aliphatic hydroxyl groups excluding tert-OH is 1. The van der Waals surface area contributed by atoms with Crippen molar-refractivity contribution in [3.05, 3.63) is 54.1 Å². The number of benzene rings is 2. The zero-order valence-electron chi connectivity index (χ0n) is 13.8. The lowest BCUT2D eigenvalue weighted by atomic mass is 10.1. The first-order valence-electron chi connectivity index (χ1n) is 7.82. The van der Waals surface area contributed by atoms with Gasteiger partial charge in [0.1, 0.15) is 0 Å². The van der Waals surface area contributed by atoms with Crippen LogP contribution in [0.5, 0.6) is 0 Å². The van der Waals surface area contributed by atoms with Gasteiger partial charge in [-0.05, 0) is 48.5 Å². The van der Waals surface area contributed by atoms with Crippen molar-refractivity contribution >= 4 is 11.4 Å². The van der Waals surface area contributed by atoms with E-state index in [4.69, 9.17) is 0 Å². The summed E-state index contributed by atoms with van der Waals surface area (Å²) in [5.74, 6) is 0.348. The average Bonchev–Trinajstić information content (AvgIpc) is 3.02. The molecule has 1 aromatic heterocycles. The van der Waals surface area contributed by atoms with Gasteiger partial charge in [-0.1, -0.05) is 12.1 Å². The number of halogens is 3. The Bertz CT molecular complexity index is 875. The van der Waals surface area contributed by atoms with Crippen LogP contribution in [0.1, 0.15) is 12.5 Å². The highest BCUT2D eigenvalue weighted by atomic mass is 19.4. The smallest absolute Gasteiger partial charge is 0.391 e. The van der Waals surface area contributed by atoms with Gasteiger partial charge in [0, 0.05) is 16.9 Å². The number of rotatable bonds is 5. The molecule has 0 bridgehead atoms. The number of anilines is 2. The van der Waals surface area contributed by atoms with Crippen LogP contribution in [-0.2, 0) is 12.7 Å². The summed E-state index contributed by atoms with van der Waals surface area (Å²) < 4.78 is 38.0. The fourth-order valence-electron chi connectivity index (χ4n) is 2.35. The minimum Gasteiger partial charge on any atom is -0.391 e. The van der Waals surface area contributed by atoms with Gasteiger partial charge in [-0.3, -0.25) is 0 Å². The van der Waals surface area contributed by atoms with E-state index in [0.29, 0.717) is 22.8 Å². The van der Waals surface area contributed by atoms with Crippen LogP contribution in [0.2, 0.25) is 0 Å². The molecule has 0 aliphatic rings. The van der Waals surface area contributed by atoms with E-state index in [1.807, 2.05) is 0 Å². The molecule has 1 atom stereocenters. The Kier molecular flexibility index (Phi) is 4.90. The number of tetrazole rings is 1. The van der Waals surface area contributed by atoms with Gasteiger partial charge < -0.3 is 10.4 Å². The van der Waals surface area contributed by atoms with Gasteiger partial charge in [0.05, 0.1) is 18.2 Å². The van der Waals surface area contributed by atoms with Gasteiger partial charge in [0.15, 0.2) is 0 Å². The summed E-state index contributed by atoms with van der Waals surface area (Å²) in [5.41, 5.74) is 1.06. The Morgan fingerprint density at radius 3 is 2.46 bits per heavy atom.